The minimum Gasteiger partial charge on any atom is -0.545 e. The molecule has 1 aliphatic carbocycles. The third kappa shape index (κ3) is 6.34. The van der Waals surface area contributed by atoms with Crippen molar-refractivity contribution >= 4 is 18.0 Å². The maximum atomic E-state index is 12.0. The largest absolute Gasteiger partial charge is 1.00 e. The zero-order chi connectivity index (χ0) is 15.1. The molecule has 1 aliphatic rings. The van der Waals surface area contributed by atoms with E-state index in [0.29, 0.717) is 0 Å². The van der Waals surface area contributed by atoms with Crippen molar-refractivity contribution in [1.82, 2.24) is 5.32 Å². The van der Waals surface area contributed by atoms with Gasteiger partial charge in [0.2, 0.25) is 5.91 Å². The number of benzene rings is 1. The van der Waals surface area contributed by atoms with Gasteiger partial charge in [0.25, 0.3) is 0 Å². The van der Waals surface area contributed by atoms with E-state index < -0.39 is 5.97 Å². The first-order chi connectivity index (χ1) is 10.1. The number of carboxylic acid groups (broad SMARTS) is 1. The minimum absolute atomic E-state index is 0. The van der Waals surface area contributed by atoms with Crippen molar-refractivity contribution in [2.24, 2.45) is 0 Å². The molecule has 0 unspecified atom stereocenters. The van der Waals surface area contributed by atoms with Crippen LogP contribution in [0.5, 0.6) is 0 Å². The average molecular weight is 309 g/mol. The Morgan fingerprint density at radius 1 is 1.14 bits per heavy atom. The summed E-state index contributed by atoms with van der Waals surface area (Å²) in [5, 5.41) is 14.1. The number of nitrogens with one attached hydrogen (secondary N) is 1. The van der Waals surface area contributed by atoms with Crippen molar-refractivity contribution in [3.63, 3.8) is 0 Å². The summed E-state index contributed by atoms with van der Waals surface area (Å²) in [7, 11) is 0. The van der Waals surface area contributed by atoms with Gasteiger partial charge in [-0.2, -0.15) is 0 Å². The number of rotatable bonds is 5. The Kier molecular flexibility index (Phi) is 8.46. The first-order valence-electron chi connectivity index (χ1n) is 7.41. The van der Waals surface area contributed by atoms with Crippen molar-refractivity contribution < 1.29 is 44.3 Å². The number of amides is 1. The van der Waals surface area contributed by atoms with Crippen LogP contribution in [0.2, 0.25) is 0 Å². The molecular formula is C17H20NNaO3. The molecule has 0 atom stereocenters. The van der Waals surface area contributed by atoms with Crippen LogP contribution in [0.3, 0.4) is 0 Å². The molecule has 2 rings (SSSR count). The SMILES string of the molecule is O=C(C/C(=C\c1ccccc1)C(=O)[O-])NC1CCCCC1.[Na+]. The van der Waals surface area contributed by atoms with Crippen LogP contribution >= 0.6 is 0 Å². The molecule has 112 valence electrons. The normalized spacial score (nSPS) is 15.7. The number of hydrogen-bond acceptors (Lipinski definition) is 3. The van der Waals surface area contributed by atoms with E-state index >= 15 is 0 Å². The quantitative estimate of drug-likeness (QED) is 0.541. The van der Waals surface area contributed by atoms with E-state index in [9.17, 15) is 14.7 Å². The molecule has 1 fully saturated rings. The standard InChI is InChI=1S/C17H21NO3.Na/c19-16(18-15-9-5-2-6-10-15)12-14(17(20)21)11-13-7-3-1-4-8-13;/h1,3-4,7-8,11,15H,2,5-6,9-10,12H2,(H,18,19)(H,20,21);/q;+1/p-1/b14-11+;. The van der Waals surface area contributed by atoms with E-state index in [1.807, 2.05) is 18.2 Å². The molecule has 0 radical (unpaired) electrons. The van der Waals surface area contributed by atoms with Crippen molar-refractivity contribution in [1.29, 1.82) is 0 Å². The summed E-state index contributed by atoms with van der Waals surface area (Å²) in [4.78, 5) is 23.1. The molecule has 1 aromatic carbocycles. The predicted octanol–water partition coefficient (Wildman–Crippen LogP) is -1.34. The second-order valence-corrected chi connectivity index (χ2v) is 5.45. The van der Waals surface area contributed by atoms with Crippen LogP contribution in [0.25, 0.3) is 6.08 Å². The molecule has 0 aromatic heterocycles. The van der Waals surface area contributed by atoms with Crippen LogP contribution in [0.4, 0.5) is 0 Å². The molecule has 0 bridgehead atoms. The van der Waals surface area contributed by atoms with E-state index in [0.717, 1.165) is 31.2 Å². The number of carboxylic acids is 1. The summed E-state index contributed by atoms with van der Waals surface area (Å²) in [6.07, 6.45) is 6.77. The number of carbonyl (C=O) groups excluding carboxylic acids is 2. The maximum absolute atomic E-state index is 12.0. The molecule has 0 saturated heterocycles. The van der Waals surface area contributed by atoms with Crippen LogP contribution in [-0.2, 0) is 9.59 Å². The number of aliphatic carboxylic acids is 1. The fraction of sp³-hybridized carbons (Fsp3) is 0.412. The van der Waals surface area contributed by atoms with Gasteiger partial charge in [-0.1, -0.05) is 49.6 Å². The summed E-state index contributed by atoms with van der Waals surface area (Å²) < 4.78 is 0. The van der Waals surface area contributed by atoms with Crippen molar-refractivity contribution in [2.45, 2.75) is 44.6 Å². The Bertz CT molecular complexity index is 522. The van der Waals surface area contributed by atoms with Crippen LogP contribution in [0.15, 0.2) is 35.9 Å². The summed E-state index contributed by atoms with van der Waals surface area (Å²) in [5.41, 5.74) is 0.761. The summed E-state index contributed by atoms with van der Waals surface area (Å²) >= 11 is 0. The second kappa shape index (κ2) is 9.82. The first kappa shape index (κ1) is 18.9. The molecule has 22 heavy (non-hydrogen) atoms. The smallest absolute Gasteiger partial charge is 0.545 e. The predicted molar refractivity (Wildman–Crippen MR) is 79.1 cm³/mol. The van der Waals surface area contributed by atoms with Crippen molar-refractivity contribution in [3.05, 3.63) is 41.5 Å². The molecule has 1 N–H and O–H groups in total. The van der Waals surface area contributed by atoms with Gasteiger partial charge in [0.05, 0.1) is 12.4 Å². The van der Waals surface area contributed by atoms with Gasteiger partial charge < -0.3 is 15.2 Å². The van der Waals surface area contributed by atoms with Crippen LogP contribution in [0.1, 0.15) is 44.1 Å². The number of carbonyl (C=O) groups is 2. The van der Waals surface area contributed by atoms with Crippen molar-refractivity contribution in [3.8, 4) is 0 Å². The second-order valence-electron chi connectivity index (χ2n) is 5.45. The molecule has 1 aromatic rings. The zero-order valence-electron chi connectivity index (χ0n) is 13.0. The van der Waals surface area contributed by atoms with E-state index in [2.05, 4.69) is 5.32 Å². The van der Waals surface area contributed by atoms with Gasteiger partial charge in [0.15, 0.2) is 0 Å². The zero-order valence-corrected chi connectivity index (χ0v) is 15.0. The van der Waals surface area contributed by atoms with E-state index in [-0.39, 0.29) is 53.5 Å². The van der Waals surface area contributed by atoms with Gasteiger partial charge in [0.1, 0.15) is 0 Å². The van der Waals surface area contributed by atoms with E-state index in [1.54, 1.807) is 12.1 Å². The summed E-state index contributed by atoms with van der Waals surface area (Å²) in [5.74, 6) is -1.54. The Balaban J connectivity index is 0.00000242. The summed E-state index contributed by atoms with van der Waals surface area (Å²) in [6, 6.07) is 9.27. The first-order valence-corrected chi connectivity index (χ1v) is 7.41. The molecule has 4 nitrogen and oxygen atoms in total. The Hall–Kier alpha value is -1.10. The molecule has 0 heterocycles. The average Bonchev–Trinajstić information content (AvgIpc) is 2.48. The topological polar surface area (TPSA) is 69.2 Å². The van der Waals surface area contributed by atoms with Crippen LogP contribution in [0, 0.1) is 0 Å². The Morgan fingerprint density at radius 3 is 2.36 bits per heavy atom. The molecule has 0 spiro atoms. The summed E-state index contributed by atoms with van der Waals surface area (Å²) in [6.45, 7) is 0. The Morgan fingerprint density at radius 2 is 1.77 bits per heavy atom. The molecule has 1 amide bonds. The molecular weight excluding hydrogens is 289 g/mol. The van der Waals surface area contributed by atoms with Crippen molar-refractivity contribution in [2.75, 3.05) is 0 Å². The number of hydrogen-bond donors (Lipinski definition) is 1. The fourth-order valence-electron chi connectivity index (χ4n) is 2.63. The molecule has 0 aliphatic heterocycles. The van der Waals surface area contributed by atoms with E-state index in [1.165, 1.54) is 12.5 Å². The minimum atomic E-state index is -1.29. The van der Waals surface area contributed by atoms with Gasteiger partial charge in [0, 0.05) is 6.04 Å². The third-order valence-electron chi connectivity index (χ3n) is 3.72. The Labute approximate surface area is 153 Å². The van der Waals surface area contributed by atoms with E-state index in [4.69, 9.17) is 0 Å². The molecule has 5 heteroatoms. The molecule has 1 saturated carbocycles. The van der Waals surface area contributed by atoms with Crippen LogP contribution in [-0.4, -0.2) is 17.9 Å². The van der Waals surface area contributed by atoms with Gasteiger partial charge in [-0.05, 0) is 30.1 Å². The van der Waals surface area contributed by atoms with Gasteiger partial charge in [-0.15, -0.1) is 0 Å². The monoisotopic (exact) mass is 309 g/mol. The van der Waals surface area contributed by atoms with Gasteiger partial charge in [-0.3, -0.25) is 4.79 Å². The fourth-order valence-corrected chi connectivity index (χ4v) is 2.63. The van der Waals surface area contributed by atoms with Crippen LogP contribution < -0.4 is 40.0 Å². The third-order valence-corrected chi connectivity index (χ3v) is 3.72. The maximum Gasteiger partial charge on any atom is 1.00 e. The van der Waals surface area contributed by atoms with Gasteiger partial charge >= 0.3 is 29.6 Å². The van der Waals surface area contributed by atoms with Gasteiger partial charge in [-0.25, -0.2) is 0 Å².